The van der Waals surface area contributed by atoms with Gasteiger partial charge in [-0.15, -0.1) is 0 Å². The fraction of sp³-hybridized carbons (Fsp3) is 0.167. The van der Waals surface area contributed by atoms with Crippen LogP contribution in [-0.4, -0.2) is 22.1 Å². The van der Waals surface area contributed by atoms with Crippen LogP contribution in [0.5, 0.6) is 0 Å². The quantitative estimate of drug-likeness (QED) is 0.600. The van der Waals surface area contributed by atoms with Crippen molar-refractivity contribution in [1.29, 1.82) is 0 Å². The predicted molar refractivity (Wildman–Crippen MR) is 68.2 cm³/mol. The molecule has 82 valence electrons. The number of nitrogens with zero attached hydrogens (tertiary/aromatic N) is 3. The zero-order chi connectivity index (χ0) is 11.4. The van der Waals surface area contributed by atoms with Crippen LogP contribution in [0.2, 0.25) is 0 Å². The summed E-state index contributed by atoms with van der Waals surface area (Å²) < 4.78 is 1.84. The zero-order valence-corrected chi connectivity index (χ0v) is 10.1. The van der Waals surface area contributed by atoms with Crippen molar-refractivity contribution >= 4 is 18.0 Å². The van der Waals surface area contributed by atoms with E-state index in [2.05, 4.69) is 10.1 Å². The molecule has 0 radical (unpaired) electrons. The summed E-state index contributed by atoms with van der Waals surface area (Å²) in [6, 6.07) is 10.0. The normalized spacial score (nSPS) is 11.1. The van der Waals surface area contributed by atoms with Crippen LogP contribution in [0.3, 0.4) is 0 Å². The van der Waals surface area contributed by atoms with Gasteiger partial charge in [0.15, 0.2) is 5.16 Å². The standard InChI is InChI=1S/C12H13N3S/c1-10-8-13-12(16-2)15(10)14-9-11-6-4-3-5-7-11/h3-9H,1-2H3. The van der Waals surface area contributed by atoms with Crippen LogP contribution in [0, 0.1) is 6.92 Å². The summed E-state index contributed by atoms with van der Waals surface area (Å²) in [7, 11) is 0. The summed E-state index contributed by atoms with van der Waals surface area (Å²) in [5.41, 5.74) is 2.12. The Morgan fingerprint density at radius 2 is 2.06 bits per heavy atom. The van der Waals surface area contributed by atoms with Crippen molar-refractivity contribution in [2.45, 2.75) is 12.1 Å². The molecular weight excluding hydrogens is 218 g/mol. The Morgan fingerprint density at radius 1 is 1.31 bits per heavy atom. The molecule has 0 aliphatic heterocycles. The van der Waals surface area contributed by atoms with Gasteiger partial charge in [-0.2, -0.15) is 5.10 Å². The summed E-state index contributed by atoms with van der Waals surface area (Å²) in [5.74, 6) is 0. The van der Waals surface area contributed by atoms with E-state index in [1.54, 1.807) is 11.8 Å². The smallest absolute Gasteiger partial charge is 0.188 e. The van der Waals surface area contributed by atoms with Crippen LogP contribution in [0.25, 0.3) is 0 Å². The van der Waals surface area contributed by atoms with Crippen molar-refractivity contribution in [2.75, 3.05) is 6.26 Å². The van der Waals surface area contributed by atoms with Crippen LogP contribution in [0.4, 0.5) is 0 Å². The highest BCUT2D eigenvalue weighted by molar-refractivity contribution is 7.98. The first-order valence-corrected chi connectivity index (χ1v) is 6.21. The molecule has 0 saturated carbocycles. The average Bonchev–Trinajstić information content (AvgIpc) is 2.69. The van der Waals surface area contributed by atoms with E-state index < -0.39 is 0 Å². The molecule has 1 heterocycles. The third-order valence-electron chi connectivity index (χ3n) is 2.18. The molecule has 2 rings (SSSR count). The molecule has 0 aliphatic rings. The van der Waals surface area contributed by atoms with Crippen LogP contribution >= 0.6 is 11.8 Å². The fourth-order valence-electron chi connectivity index (χ4n) is 1.35. The second kappa shape index (κ2) is 4.99. The van der Waals surface area contributed by atoms with Crippen molar-refractivity contribution in [3.63, 3.8) is 0 Å². The molecule has 0 spiro atoms. The lowest BCUT2D eigenvalue weighted by atomic mass is 10.2. The largest absolute Gasteiger partial charge is 0.229 e. The van der Waals surface area contributed by atoms with Crippen molar-refractivity contribution in [2.24, 2.45) is 5.10 Å². The van der Waals surface area contributed by atoms with Crippen LogP contribution in [0.15, 0.2) is 46.8 Å². The number of thioether (sulfide) groups is 1. The Hall–Kier alpha value is -1.55. The first-order valence-electron chi connectivity index (χ1n) is 4.99. The van der Waals surface area contributed by atoms with Gasteiger partial charge in [0.05, 0.1) is 18.1 Å². The summed E-state index contributed by atoms with van der Waals surface area (Å²) in [6.45, 7) is 2.00. The summed E-state index contributed by atoms with van der Waals surface area (Å²) in [6.07, 6.45) is 5.67. The molecule has 0 amide bonds. The molecule has 0 N–H and O–H groups in total. The highest BCUT2D eigenvalue weighted by atomic mass is 32.2. The second-order valence-corrected chi connectivity index (χ2v) is 4.13. The third-order valence-corrected chi connectivity index (χ3v) is 2.83. The van der Waals surface area contributed by atoms with E-state index in [9.17, 15) is 0 Å². The van der Waals surface area contributed by atoms with Crippen molar-refractivity contribution < 1.29 is 0 Å². The van der Waals surface area contributed by atoms with Gasteiger partial charge in [0, 0.05) is 0 Å². The lowest BCUT2D eigenvalue weighted by molar-refractivity contribution is 0.745. The summed E-state index contributed by atoms with van der Waals surface area (Å²) in [5, 5.41) is 5.32. The first kappa shape index (κ1) is 11.0. The number of hydrogen-bond donors (Lipinski definition) is 0. The van der Waals surface area contributed by atoms with Crippen LogP contribution in [-0.2, 0) is 0 Å². The Balaban J connectivity index is 2.27. The van der Waals surface area contributed by atoms with E-state index in [0.29, 0.717) is 0 Å². The van der Waals surface area contributed by atoms with Crippen LogP contribution < -0.4 is 0 Å². The molecule has 4 heteroatoms. The molecule has 0 unspecified atom stereocenters. The first-order chi connectivity index (χ1) is 7.81. The SMILES string of the molecule is CSc1ncc(C)n1N=Cc1ccccc1. The molecule has 1 aromatic heterocycles. The van der Waals surface area contributed by atoms with E-state index in [0.717, 1.165) is 16.4 Å². The molecule has 16 heavy (non-hydrogen) atoms. The molecule has 0 fully saturated rings. The molecule has 0 aliphatic carbocycles. The van der Waals surface area contributed by atoms with E-state index in [4.69, 9.17) is 0 Å². The van der Waals surface area contributed by atoms with Gasteiger partial charge < -0.3 is 0 Å². The topological polar surface area (TPSA) is 30.2 Å². The number of aromatic nitrogens is 2. The number of aryl methyl sites for hydroxylation is 1. The van der Waals surface area contributed by atoms with Gasteiger partial charge in [0.1, 0.15) is 0 Å². The van der Waals surface area contributed by atoms with E-state index in [1.165, 1.54) is 0 Å². The Bertz CT molecular complexity index is 488. The van der Waals surface area contributed by atoms with E-state index in [1.807, 2.05) is 60.6 Å². The maximum Gasteiger partial charge on any atom is 0.188 e. The number of imidazole rings is 1. The molecule has 0 bridgehead atoms. The minimum Gasteiger partial charge on any atom is -0.229 e. The van der Waals surface area contributed by atoms with Gasteiger partial charge in [-0.1, -0.05) is 42.1 Å². The number of hydrogen-bond acceptors (Lipinski definition) is 3. The number of benzene rings is 1. The van der Waals surface area contributed by atoms with Gasteiger partial charge in [0.2, 0.25) is 0 Å². The molecule has 3 nitrogen and oxygen atoms in total. The van der Waals surface area contributed by atoms with Gasteiger partial charge in [0.25, 0.3) is 0 Å². The van der Waals surface area contributed by atoms with Crippen molar-refractivity contribution in [3.8, 4) is 0 Å². The van der Waals surface area contributed by atoms with Crippen molar-refractivity contribution in [1.82, 2.24) is 9.66 Å². The van der Waals surface area contributed by atoms with E-state index in [-0.39, 0.29) is 0 Å². The van der Waals surface area contributed by atoms with Gasteiger partial charge >= 0.3 is 0 Å². The summed E-state index contributed by atoms with van der Waals surface area (Å²) in [4.78, 5) is 4.26. The lowest BCUT2D eigenvalue weighted by Crippen LogP contribution is -1.94. The highest BCUT2D eigenvalue weighted by Gasteiger charge is 2.02. The fourth-order valence-corrected chi connectivity index (χ4v) is 1.87. The number of rotatable bonds is 3. The average molecular weight is 231 g/mol. The highest BCUT2D eigenvalue weighted by Crippen LogP contribution is 2.14. The van der Waals surface area contributed by atoms with Gasteiger partial charge in [-0.25, -0.2) is 9.66 Å². The Morgan fingerprint density at radius 3 is 2.75 bits per heavy atom. The molecule has 0 saturated heterocycles. The zero-order valence-electron chi connectivity index (χ0n) is 9.29. The Labute approximate surface area is 99.2 Å². The van der Waals surface area contributed by atoms with Gasteiger partial charge in [-0.05, 0) is 18.7 Å². The van der Waals surface area contributed by atoms with E-state index >= 15 is 0 Å². The maximum atomic E-state index is 4.42. The van der Waals surface area contributed by atoms with Gasteiger partial charge in [-0.3, -0.25) is 0 Å². The van der Waals surface area contributed by atoms with Crippen molar-refractivity contribution in [3.05, 3.63) is 47.8 Å². The minimum atomic E-state index is 0.907. The summed E-state index contributed by atoms with van der Waals surface area (Å²) >= 11 is 1.59. The van der Waals surface area contributed by atoms with Crippen LogP contribution in [0.1, 0.15) is 11.3 Å². The molecule has 2 aromatic rings. The third kappa shape index (κ3) is 2.33. The lowest BCUT2D eigenvalue weighted by Gasteiger charge is -2.00. The molecule has 0 atom stereocenters. The monoisotopic (exact) mass is 231 g/mol. The Kier molecular flexibility index (Phi) is 3.41. The maximum absolute atomic E-state index is 4.42. The minimum absolute atomic E-state index is 0.907. The molecule has 1 aromatic carbocycles. The molecular formula is C12H13N3S. The second-order valence-electron chi connectivity index (χ2n) is 3.35. The predicted octanol–water partition coefficient (Wildman–Crippen LogP) is 2.80.